The van der Waals surface area contributed by atoms with E-state index in [0.29, 0.717) is 12.1 Å². The number of hydrogen-bond acceptors (Lipinski definition) is 3. The molecule has 0 bridgehead atoms. The van der Waals surface area contributed by atoms with Gasteiger partial charge in [-0.3, -0.25) is 0 Å². The maximum absolute atomic E-state index is 9.24. The first kappa shape index (κ1) is 11.0. The molecule has 0 fully saturated rings. The lowest BCUT2D eigenvalue weighted by atomic mass is 9.79. The van der Waals surface area contributed by atoms with Gasteiger partial charge in [0, 0.05) is 16.1 Å². The van der Waals surface area contributed by atoms with Crippen molar-refractivity contribution in [3.63, 3.8) is 0 Å². The number of aryl methyl sites for hydroxylation is 1. The highest BCUT2D eigenvalue weighted by atomic mass is 16.3. The number of rotatable bonds is 2. The Balaban J connectivity index is 2.35. The second kappa shape index (κ2) is 4.14. The highest BCUT2D eigenvalue weighted by Gasteiger charge is 2.29. The fourth-order valence-corrected chi connectivity index (χ4v) is 2.12. The van der Waals surface area contributed by atoms with Gasteiger partial charge in [0.15, 0.2) is 0 Å². The van der Waals surface area contributed by atoms with Crippen molar-refractivity contribution < 1.29 is 5.11 Å². The van der Waals surface area contributed by atoms with Crippen LogP contribution in [0.5, 0.6) is 0 Å². The van der Waals surface area contributed by atoms with Crippen molar-refractivity contribution in [3.8, 4) is 0 Å². The maximum atomic E-state index is 9.24. The number of benzene rings is 1. The predicted octanol–water partition coefficient (Wildman–Crippen LogP) is 1.81. The standard InChI is InChI=1S/C11H14N4O/c12-11(7-16)4-3-8-1-2-10(14-15-13)5-9(8)6-11/h1-2,5,16H,3-4,6-7,12H2. The van der Waals surface area contributed by atoms with Crippen molar-refractivity contribution in [2.24, 2.45) is 10.8 Å². The van der Waals surface area contributed by atoms with Gasteiger partial charge in [-0.2, -0.15) is 0 Å². The van der Waals surface area contributed by atoms with Gasteiger partial charge in [-0.25, -0.2) is 0 Å². The summed E-state index contributed by atoms with van der Waals surface area (Å²) in [5.74, 6) is 0. The molecule has 0 aliphatic heterocycles. The first-order valence-corrected chi connectivity index (χ1v) is 5.23. The number of aliphatic hydroxyl groups excluding tert-OH is 1. The van der Waals surface area contributed by atoms with Gasteiger partial charge in [0.25, 0.3) is 0 Å². The van der Waals surface area contributed by atoms with Crippen LogP contribution in [0.2, 0.25) is 0 Å². The summed E-state index contributed by atoms with van der Waals surface area (Å²) in [5.41, 5.74) is 16.8. The molecule has 5 nitrogen and oxygen atoms in total. The van der Waals surface area contributed by atoms with Gasteiger partial charge in [-0.15, -0.1) is 0 Å². The van der Waals surface area contributed by atoms with Gasteiger partial charge >= 0.3 is 0 Å². The largest absolute Gasteiger partial charge is 0.394 e. The van der Waals surface area contributed by atoms with Crippen LogP contribution in [-0.2, 0) is 12.8 Å². The molecule has 16 heavy (non-hydrogen) atoms. The molecule has 0 saturated carbocycles. The van der Waals surface area contributed by atoms with Crippen LogP contribution in [0.4, 0.5) is 5.69 Å². The molecule has 1 aliphatic rings. The van der Waals surface area contributed by atoms with E-state index in [9.17, 15) is 5.11 Å². The second-order valence-electron chi connectivity index (χ2n) is 4.34. The molecule has 1 aromatic carbocycles. The van der Waals surface area contributed by atoms with Crippen LogP contribution < -0.4 is 5.73 Å². The Bertz CT molecular complexity index is 453. The summed E-state index contributed by atoms with van der Waals surface area (Å²) in [4.78, 5) is 2.76. The van der Waals surface area contributed by atoms with Gasteiger partial charge in [-0.05, 0) is 42.0 Å². The topological polar surface area (TPSA) is 95.0 Å². The molecule has 0 radical (unpaired) electrons. The summed E-state index contributed by atoms with van der Waals surface area (Å²) in [7, 11) is 0. The third-order valence-electron chi connectivity index (χ3n) is 3.10. The number of nitrogens with zero attached hydrogens (tertiary/aromatic N) is 3. The highest BCUT2D eigenvalue weighted by molar-refractivity contribution is 5.46. The van der Waals surface area contributed by atoms with E-state index < -0.39 is 5.54 Å². The summed E-state index contributed by atoms with van der Waals surface area (Å²) >= 11 is 0. The molecule has 0 spiro atoms. The number of fused-ring (bicyclic) bond motifs is 1. The highest BCUT2D eigenvalue weighted by Crippen LogP contribution is 2.29. The van der Waals surface area contributed by atoms with Crippen molar-refractivity contribution in [2.75, 3.05) is 6.61 Å². The van der Waals surface area contributed by atoms with Crippen LogP contribution in [0.15, 0.2) is 23.3 Å². The molecule has 0 heterocycles. The summed E-state index contributed by atoms with van der Waals surface area (Å²) < 4.78 is 0. The number of azide groups is 1. The molecule has 0 aromatic heterocycles. The molecule has 0 amide bonds. The number of hydrogen-bond donors (Lipinski definition) is 2. The molecule has 0 saturated heterocycles. The zero-order valence-corrected chi connectivity index (χ0v) is 8.93. The van der Waals surface area contributed by atoms with E-state index in [2.05, 4.69) is 10.0 Å². The van der Waals surface area contributed by atoms with Gasteiger partial charge in [0.05, 0.1) is 6.61 Å². The first-order chi connectivity index (χ1) is 7.67. The SMILES string of the molecule is [N-]=[N+]=Nc1ccc2c(c1)CC(N)(CO)CC2. The summed E-state index contributed by atoms with van der Waals surface area (Å²) in [6.45, 7) is -0.0157. The molecule has 1 atom stereocenters. The van der Waals surface area contributed by atoms with Gasteiger partial charge in [-0.1, -0.05) is 17.2 Å². The maximum Gasteiger partial charge on any atom is 0.0614 e. The van der Waals surface area contributed by atoms with Crippen LogP contribution in [0.25, 0.3) is 10.4 Å². The van der Waals surface area contributed by atoms with Gasteiger partial charge < -0.3 is 10.8 Å². The average Bonchev–Trinajstić information content (AvgIpc) is 2.29. The normalized spacial score (nSPS) is 23.4. The Labute approximate surface area is 93.5 Å². The van der Waals surface area contributed by atoms with E-state index in [1.165, 1.54) is 5.56 Å². The number of aliphatic hydroxyl groups is 1. The van der Waals surface area contributed by atoms with Crippen LogP contribution in [0.1, 0.15) is 17.5 Å². The zero-order chi connectivity index (χ0) is 11.6. The smallest absolute Gasteiger partial charge is 0.0614 e. The Kier molecular flexibility index (Phi) is 2.83. The monoisotopic (exact) mass is 218 g/mol. The molecular weight excluding hydrogens is 204 g/mol. The fourth-order valence-electron chi connectivity index (χ4n) is 2.12. The van der Waals surface area contributed by atoms with E-state index in [-0.39, 0.29) is 6.61 Å². The minimum Gasteiger partial charge on any atom is -0.394 e. The summed E-state index contributed by atoms with van der Waals surface area (Å²) in [5, 5.41) is 12.8. The van der Waals surface area contributed by atoms with E-state index in [4.69, 9.17) is 11.3 Å². The van der Waals surface area contributed by atoms with Crippen molar-refractivity contribution >= 4 is 5.69 Å². The molecule has 1 unspecified atom stereocenters. The van der Waals surface area contributed by atoms with E-state index in [1.54, 1.807) is 6.07 Å². The molecule has 2 rings (SSSR count). The van der Waals surface area contributed by atoms with Gasteiger partial charge in [0.2, 0.25) is 0 Å². The minimum absolute atomic E-state index is 0.0157. The van der Waals surface area contributed by atoms with Crippen LogP contribution >= 0.6 is 0 Å². The van der Waals surface area contributed by atoms with E-state index >= 15 is 0 Å². The van der Waals surface area contributed by atoms with Gasteiger partial charge in [0.1, 0.15) is 0 Å². The van der Waals surface area contributed by atoms with E-state index in [0.717, 1.165) is 18.4 Å². The third-order valence-corrected chi connectivity index (χ3v) is 3.10. The molecule has 1 aromatic rings. The molecule has 5 heteroatoms. The van der Waals surface area contributed by atoms with Crippen LogP contribution in [-0.4, -0.2) is 17.3 Å². The fraction of sp³-hybridized carbons (Fsp3) is 0.455. The Morgan fingerprint density at radius 3 is 3.00 bits per heavy atom. The Hall–Kier alpha value is -1.55. The van der Waals surface area contributed by atoms with Crippen molar-refractivity contribution in [1.82, 2.24) is 0 Å². The first-order valence-electron chi connectivity index (χ1n) is 5.23. The Morgan fingerprint density at radius 1 is 1.50 bits per heavy atom. The lowest BCUT2D eigenvalue weighted by molar-refractivity contribution is 0.181. The Morgan fingerprint density at radius 2 is 2.31 bits per heavy atom. The molecule has 3 N–H and O–H groups in total. The minimum atomic E-state index is -0.526. The molecule has 1 aliphatic carbocycles. The van der Waals surface area contributed by atoms with Crippen molar-refractivity contribution in [1.29, 1.82) is 0 Å². The van der Waals surface area contributed by atoms with Crippen LogP contribution in [0.3, 0.4) is 0 Å². The van der Waals surface area contributed by atoms with Crippen molar-refractivity contribution in [2.45, 2.75) is 24.8 Å². The number of nitrogens with two attached hydrogens (primary N) is 1. The zero-order valence-electron chi connectivity index (χ0n) is 8.93. The average molecular weight is 218 g/mol. The molecule has 84 valence electrons. The summed E-state index contributed by atoms with van der Waals surface area (Å²) in [6.07, 6.45) is 2.29. The molecular formula is C11H14N4O. The second-order valence-corrected chi connectivity index (χ2v) is 4.34. The van der Waals surface area contributed by atoms with E-state index in [1.807, 2.05) is 12.1 Å². The predicted molar refractivity (Wildman–Crippen MR) is 61.3 cm³/mol. The van der Waals surface area contributed by atoms with Crippen molar-refractivity contribution in [3.05, 3.63) is 39.8 Å². The summed E-state index contributed by atoms with van der Waals surface area (Å²) in [6, 6.07) is 5.63. The third kappa shape index (κ3) is 2.02. The quantitative estimate of drug-likeness (QED) is 0.450. The lowest BCUT2D eigenvalue weighted by Crippen LogP contribution is -2.48. The van der Waals surface area contributed by atoms with Crippen LogP contribution in [0, 0.1) is 0 Å². The lowest BCUT2D eigenvalue weighted by Gasteiger charge is -2.33.